The summed E-state index contributed by atoms with van der Waals surface area (Å²) >= 11 is 3.07. The minimum atomic E-state index is -0.109. The van der Waals surface area contributed by atoms with E-state index in [0.717, 1.165) is 39.5 Å². The first kappa shape index (κ1) is 17.0. The molecule has 1 aromatic carbocycles. The van der Waals surface area contributed by atoms with Crippen LogP contribution in [0.5, 0.6) is 0 Å². The number of carbonyl (C=O) groups excluding carboxylic acids is 1. The van der Waals surface area contributed by atoms with Gasteiger partial charge in [-0.2, -0.15) is 0 Å². The summed E-state index contributed by atoms with van der Waals surface area (Å²) in [6.45, 7) is 4.23. The molecule has 0 atom stereocenters. The quantitative estimate of drug-likeness (QED) is 0.495. The predicted octanol–water partition coefficient (Wildman–Crippen LogP) is 4.53. The molecule has 0 saturated carbocycles. The fourth-order valence-corrected chi connectivity index (χ4v) is 4.02. The standard InChI is InChI=1S/C17H19N3O2S2/c1-3-7-23-17-20-19-16(24-17)18-15(21)9-12-10-22-14-6-5-11(4-2)8-13(12)14/h5-6,8,10H,3-4,7,9H2,1-2H3,(H,18,19,21). The summed E-state index contributed by atoms with van der Waals surface area (Å²) in [4.78, 5) is 12.3. The zero-order chi connectivity index (χ0) is 16.9. The molecule has 0 bridgehead atoms. The Morgan fingerprint density at radius 1 is 1.33 bits per heavy atom. The van der Waals surface area contributed by atoms with E-state index in [-0.39, 0.29) is 12.3 Å². The average molecular weight is 361 g/mol. The molecule has 7 heteroatoms. The van der Waals surface area contributed by atoms with Crippen LogP contribution in [0.2, 0.25) is 0 Å². The van der Waals surface area contributed by atoms with E-state index in [1.54, 1.807) is 18.0 Å². The summed E-state index contributed by atoms with van der Waals surface area (Å²) in [7, 11) is 0. The maximum atomic E-state index is 12.3. The number of amides is 1. The van der Waals surface area contributed by atoms with Crippen LogP contribution < -0.4 is 5.32 Å². The molecule has 0 aliphatic rings. The maximum Gasteiger partial charge on any atom is 0.230 e. The molecule has 0 unspecified atom stereocenters. The topological polar surface area (TPSA) is 68.0 Å². The van der Waals surface area contributed by atoms with Crippen LogP contribution in [-0.4, -0.2) is 21.9 Å². The first-order chi connectivity index (χ1) is 11.7. The molecule has 3 aromatic rings. The van der Waals surface area contributed by atoms with Crippen LogP contribution in [0.15, 0.2) is 33.2 Å². The van der Waals surface area contributed by atoms with Crippen molar-refractivity contribution in [3.05, 3.63) is 35.6 Å². The Balaban J connectivity index is 1.67. The van der Waals surface area contributed by atoms with E-state index < -0.39 is 0 Å². The zero-order valence-electron chi connectivity index (χ0n) is 13.7. The molecule has 0 spiro atoms. The van der Waals surface area contributed by atoms with Gasteiger partial charge in [0.05, 0.1) is 12.7 Å². The predicted molar refractivity (Wildman–Crippen MR) is 98.8 cm³/mol. The van der Waals surface area contributed by atoms with Gasteiger partial charge in [-0.25, -0.2) is 0 Å². The van der Waals surface area contributed by atoms with Gasteiger partial charge in [0.1, 0.15) is 5.58 Å². The highest BCUT2D eigenvalue weighted by Crippen LogP contribution is 2.27. The average Bonchev–Trinajstić information content (AvgIpc) is 3.19. The summed E-state index contributed by atoms with van der Waals surface area (Å²) in [6.07, 6.45) is 3.96. The fraction of sp³-hybridized carbons (Fsp3) is 0.353. The van der Waals surface area contributed by atoms with Crippen molar-refractivity contribution in [2.45, 2.75) is 37.4 Å². The SMILES string of the molecule is CCCSc1nnc(NC(=O)Cc2coc3ccc(CC)cc23)s1. The smallest absolute Gasteiger partial charge is 0.230 e. The molecule has 24 heavy (non-hydrogen) atoms. The third-order valence-electron chi connectivity index (χ3n) is 3.56. The van der Waals surface area contributed by atoms with Crippen LogP contribution in [0.3, 0.4) is 0 Å². The van der Waals surface area contributed by atoms with Crippen LogP contribution in [0.1, 0.15) is 31.4 Å². The minimum absolute atomic E-state index is 0.109. The number of anilines is 1. The van der Waals surface area contributed by atoms with E-state index in [4.69, 9.17) is 4.42 Å². The molecule has 1 N–H and O–H groups in total. The Kier molecular flexibility index (Phi) is 5.52. The number of benzene rings is 1. The first-order valence-electron chi connectivity index (χ1n) is 7.94. The van der Waals surface area contributed by atoms with Crippen molar-refractivity contribution in [1.82, 2.24) is 10.2 Å². The number of aromatic nitrogens is 2. The summed E-state index contributed by atoms with van der Waals surface area (Å²) in [6, 6.07) is 6.09. The van der Waals surface area contributed by atoms with Crippen molar-refractivity contribution in [3.8, 4) is 0 Å². The van der Waals surface area contributed by atoms with Crippen molar-refractivity contribution < 1.29 is 9.21 Å². The Hall–Kier alpha value is -1.86. The molecule has 0 saturated heterocycles. The van der Waals surface area contributed by atoms with Gasteiger partial charge in [0, 0.05) is 16.7 Å². The Morgan fingerprint density at radius 2 is 2.21 bits per heavy atom. The van der Waals surface area contributed by atoms with Gasteiger partial charge >= 0.3 is 0 Å². The van der Waals surface area contributed by atoms with E-state index in [2.05, 4.69) is 35.4 Å². The number of rotatable bonds is 7. The molecular formula is C17H19N3O2S2. The second-order valence-corrected chi connectivity index (χ2v) is 7.71. The van der Waals surface area contributed by atoms with E-state index in [1.807, 2.05) is 12.1 Å². The molecule has 0 aliphatic carbocycles. The Labute approximate surface area is 148 Å². The third kappa shape index (κ3) is 3.96. The molecule has 2 aromatic heterocycles. The molecule has 3 rings (SSSR count). The molecule has 0 radical (unpaired) electrons. The Morgan fingerprint density at radius 3 is 3.00 bits per heavy atom. The van der Waals surface area contributed by atoms with Crippen LogP contribution in [0.25, 0.3) is 11.0 Å². The van der Waals surface area contributed by atoms with Gasteiger partial charge in [0.15, 0.2) is 4.34 Å². The van der Waals surface area contributed by atoms with Crippen LogP contribution in [-0.2, 0) is 17.6 Å². The molecule has 2 heterocycles. The third-order valence-corrected chi connectivity index (χ3v) is 5.74. The van der Waals surface area contributed by atoms with Crippen LogP contribution >= 0.6 is 23.1 Å². The van der Waals surface area contributed by atoms with Gasteiger partial charge in [-0.05, 0) is 30.5 Å². The molecule has 1 amide bonds. The monoisotopic (exact) mass is 361 g/mol. The number of carbonyl (C=O) groups is 1. The Bertz CT molecular complexity index is 841. The van der Waals surface area contributed by atoms with Crippen molar-refractivity contribution >= 4 is 45.1 Å². The highest BCUT2D eigenvalue weighted by atomic mass is 32.2. The zero-order valence-corrected chi connectivity index (χ0v) is 15.3. The van der Waals surface area contributed by atoms with E-state index in [9.17, 15) is 4.79 Å². The number of nitrogens with zero attached hydrogens (tertiary/aromatic N) is 2. The lowest BCUT2D eigenvalue weighted by molar-refractivity contribution is -0.115. The lowest BCUT2D eigenvalue weighted by atomic mass is 10.1. The van der Waals surface area contributed by atoms with Crippen LogP contribution in [0, 0.1) is 0 Å². The lowest BCUT2D eigenvalue weighted by Crippen LogP contribution is -2.14. The lowest BCUT2D eigenvalue weighted by Gasteiger charge is -2.01. The fourth-order valence-electron chi connectivity index (χ4n) is 2.33. The molecule has 5 nitrogen and oxygen atoms in total. The summed E-state index contributed by atoms with van der Waals surface area (Å²) in [5.74, 6) is 0.895. The van der Waals surface area contributed by atoms with Crippen LogP contribution in [0.4, 0.5) is 5.13 Å². The summed E-state index contributed by atoms with van der Waals surface area (Å²) in [5.41, 5.74) is 2.93. The summed E-state index contributed by atoms with van der Waals surface area (Å²) in [5, 5.41) is 12.5. The molecule has 0 fully saturated rings. The van der Waals surface area contributed by atoms with Gasteiger partial charge in [-0.3, -0.25) is 4.79 Å². The second kappa shape index (κ2) is 7.81. The largest absolute Gasteiger partial charge is 0.464 e. The van der Waals surface area contributed by atoms with Gasteiger partial charge in [0.2, 0.25) is 11.0 Å². The second-order valence-electron chi connectivity index (χ2n) is 5.39. The number of furan rings is 1. The van der Waals surface area contributed by atoms with Gasteiger partial charge in [-0.15, -0.1) is 10.2 Å². The molecule has 126 valence electrons. The normalized spacial score (nSPS) is 11.1. The number of nitrogens with one attached hydrogen (secondary N) is 1. The van der Waals surface area contributed by atoms with Gasteiger partial charge in [0.25, 0.3) is 0 Å². The van der Waals surface area contributed by atoms with Crippen molar-refractivity contribution in [3.63, 3.8) is 0 Å². The molecular weight excluding hydrogens is 342 g/mol. The number of hydrogen-bond acceptors (Lipinski definition) is 6. The van der Waals surface area contributed by atoms with Crippen molar-refractivity contribution in [1.29, 1.82) is 0 Å². The van der Waals surface area contributed by atoms with Gasteiger partial charge in [-0.1, -0.05) is 43.0 Å². The number of hydrogen-bond donors (Lipinski definition) is 1. The van der Waals surface area contributed by atoms with Crippen molar-refractivity contribution in [2.75, 3.05) is 11.1 Å². The highest BCUT2D eigenvalue weighted by Gasteiger charge is 2.13. The first-order valence-corrected chi connectivity index (χ1v) is 9.75. The van der Waals surface area contributed by atoms with E-state index in [0.29, 0.717) is 5.13 Å². The van der Waals surface area contributed by atoms with Crippen molar-refractivity contribution in [2.24, 2.45) is 0 Å². The minimum Gasteiger partial charge on any atom is -0.464 e. The van der Waals surface area contributed by atoms with E-state index >= 15 is 0 Å². The maximum absolute atomic E-state index is 12.3. The number of aryl methyl sites for hydroxylation is 1. The molecule has 0 aliphatic heterocycles. The van der Waals surface area contributed by atoms with E-state index in [1.165, 1.54) is 16.9 Å². The number of fused-ring (bicyclic) bond motifs is 1. The number of thioether (sulfide) groups is 1. The van der Waals surface area contributed by atoms with Gasteiger partial charge < -0.3 is 9.73 Å². The summed E-state index contributed by atoms with van der Waals surface area (Å²) < 4.78 is 6.42. The highest BCUT2D eigenvalue weighted by molar-refractivity contribution is 8.01.